The fourth-order valence-electron chi connectivity index (χ4n) is 3.39. The van der Waals surface area contributed by atoms with Crippen molar-refractivity contribution in [2.24, 2.45) is 0 Å². The van der Waals surface area contributed by atoms with Gasteiger partial charge in [0.25, 0.3) is 0 Å². The van der Waals surface area contributed by atoms with Crippen LogP contribution < -0.4 is 5.32 Å². The molecule has 5 aromatic rings. The number of aromatic amines is 1. The molecule has 0 spiro atoms. The van der Waals surface area contributed by atoms with E-state index in [9.17, 15) is 0 Å². The first-order chi connectivity index (χ1) is 14.7. The predicted molar refractivity (Wildman–Crippen MR) is 115 cm³/mol. The quantitative estimate of drug-likeness (QED) is 0.446. The highest BCUT2D eigenvalue weighted by Crippen LogP contribution is 2.30. The molecule has 3 aromatic heterocycles. The Balaban J connectivity index is 1.39. The number of benzene rings is 2. The number of tetrazole rings is 1. The molecule has 2 N–H and O–H groups in total. The summed E-state index contributed by atoms with van der Waals surface area (Å²) in [6.07, 6.45) is 1.60. The van der Waals surface area contributed by atoms with Crippen molar-refractivity contribution in [3.63, 3.8) is 0 Å². The molecule has 0 aliphatic rings. The third-order valence-electron chi connectivity index (χ3n) is 4.82. The molecule has 0 saturated carbocycles. The van der Waals surface area contributed by atoms with Gasteiger partial charge in [-0.05, 0) is 34.0 Å². The molecule has 0 amide bonds. The zero-order valence-corrected chi connectivity index (χ0v) is 16.8. The summed E-state index contributed by atoms with van der Waals surface area (Å²) in [6.45, 7) is 2.58. The fourth-order valence-corrected chi connectivity index (χ4v) is 3.56. The molecule has 148 valence electrons. The van der Waals surface area contributed by atoms with Crippen LogP contribution in [0.5, 0.6) is 0 Å². The van der Waals surface area contributed by atoms with Crippen molar-refractivity contribution in [2.75, 3.05) is 5.32 Å². The first kappa shape index (κ1) is 18.3. The molecular formula is C21H17ClN8. The zero-order chi connectivity index (χ0) is 20.5. The molecule has 30 heavy (non-hydrogen) atoms. The van der Waals surface area contributed by atoms with Crippen molar-refractivity contribution in [2.45, 2.75) is 13.5 Å². The van der Waals surface area contributed by atoms with Crippen LogP contribution in [-0.2, 0) is 6.54 Å². The Hall–Kier alpha value is -3.78. The Morgan fingerprint density at radius 2 is 1.87 bits per heavy atom. The second-order valence-corrected chi connectivity index (χ2v) is 7.26. The van der Waals surface area contributed by atoms with E-state index < -0.39 is 0 Å². The molecule has 2 aromatic carbocycles. The van der Waals surface area contributed by atoms with Gasteiger partial charge in [0.15, 0.2) is 11.5 Å². The molecule has 0 fully saturated rings. The highest BCUT2D eigenvalue weighted by atomic mass is 35.5. The van der Waals surface area contributed by atoms with E-state index in [0.717, 1.165) is 33.8 Å². The van der Waals surface area contributed by atoms with Gasteiger partial charge in [0, 0.05) is 23.9 Å². The van der Waals surface area contributed by atoms with Crippen LogP contribution in [0, 0.1) is 6.92 Å². The Bertz CT molecular complexity index is 1310. The second-order valence-electron chi connectivity index (χ2n) is 6.86. The first-order valence-corrected chi connectivity index (χ1v) is 9.74. The largest absolute Gasteiger partial charge is 0.366 e. The first-order valence-electron chi connectivity index (χ1n) is 9.36. The van der Waals surface area contributed by atoms with E-state index in [1.165, 1.54) is 0 Å². The molecule has 0 saturated heterocycles. The lowest BCUT2D eigenvalue weighted by molar-refractivity contribution is 0.881. The summed E-state index contributed by atoms with van der Waals surface area (Å²) >= 11 is 6.17. The van der Waals surface area contributed by atoms with Crippen molar-refractivity contribution in [1.29, 1.82) is 0 Å². The maximum absolute atomic E-state index is 6.17. The molecule has 0 atom stereocenters. The summed E-state index contributed by atoms with van der Waals surface area (Å²) in [6, 6.07) is 18.4. The minimum absolute atomic E-state index is 0.534. The van der Waals surface area contributed by atoms with Gasteiger partial charge in [0.2, 0.25) is 0 Å². The summed E-state index contributed by atoms with van der Waals surface area (Å²) in [7, 11) is 0. The average molecular weight is 417 g/mol. The van der Waals surface area contributed by atoms with Gasteiger partial charge in [0.1, 0.15) is 10.8 Å². The maximum atomic E-state index is 6.17. The highest BCUT2D eigenvalue weighted by molar-refractivity contribution is 6.33. The van der Waals surface area contributed by atoms with Crippen molar-refractivity contribution in [3.05, 3.63) is 77.1 Å². The minimum Gasteiger partial charge on any atom is -0.366 e. The normalized spacial score (nSPS) is 11.1. The lowest BCUT2D eigenvalue weighted by atomic mass is 9.98. The van der Waals surface area contributed by atoms with E-state index in [2.05, 4.69) is 66.4 Å². The maximum Gasteiger partial charge on any atom is 0.180 e. The summed E-state index contributed by atoms with van der Waals surface area (Å²) in [5.74, 6) is 1.49. The monoisotopic (exact) mass is 416 g/mol. The summed E-state index contributed by atoms with van der Waals surface area (Å²) in [5, 5.41) is 22.5. The van der Waals surface area contributed by atoms with Crippen LogP contribution in [0.15, 0.2) is 60.8 Å². The van der Waals surface area contributed by atoms with Gasteiger partial charge in [-0.2, -0.15) is 9.61 Å². The number of aromatic nitrogens is 7. The Kier molecular flexibility index (Phi) is 4.61. The lowest BCUT2D eigenvalue weighted by Crippen LogP contribution is -2.06. The van der Waals surface area contributed by atoms with Gasteiger partial charge in [-0.3, -0.25) is 0 Å². The lowest BCUT2D eigenvalue weighted by Gasteiger charge is -2.11. The standard InChI is InChI=1S/C21H17ClN8/c1-13-10-19(30-21(25-13)18(22)12-24-30)23-11-14-6-8-15(9-7-14)16-4-2-3-5-17(16)20-26-28-29-27-20/h2-10,12,23H,11H2,1H3,(H,26,27,28,29). The SMILES string of the molecule is Cc1cc(NCc2ccc(-c3ccccc3-c3nnn[nH]3)cc2)n2ncc(Cl)c2n1. The minimum atomic E-state index is 0.534. The third-order valence-corrected chi connectivity index (χ3v) is 5.09. The molecule has 0 radical (unpaired) electrons. The Morgan fingerprint density at radius 1 is 1.07 bits per heavy atom. The number of hydrogen-bond donors (Lipinski definition) is 2. The Morgan fingerprint density at radius 3 is 2.63 bits per heavy atom. The van der Waals surface area contributed by atoms with Crippen LogP contribution in [0.4, 0.5) is 5.82 Å². The van der Waals surface area contributed by atoms with E-state index >= 15 is 0 Å². The van der Waals surface area contributed by atoms with E-state index in [1.54, 1.807) is 10.7 Å². The number of halogens is 1. The summed E-state index contributed by atoms with van der Waals surface area (Å²) in [4.78, 5) is 4.44. The predicted octanol–water partition coefficient (Wildman–Crippen LogP) is 4.15. The molecule has 5 rings (SSSR count). The van der Waals surface area contributed by atoms with Crippen LogP contribution in [0.2, 0.25) is 5.02 Å². The van der Waals surface area contributed by atoms with Crippen molar-refractivity contribution in [1.82, 2.24) is 35.2 Å². The van der Waals surface area contributed by atoms with Crippen molar-refractivity contribution in [3.8, 4) is 22.5 Å². The second kappa shape index (κ2) is 7.57. The van der Waals surface area contributed by atoms with E-state index in [0.29, 0.717) is 23.0 Å². The van der Waals surface area contributed by atoms with Crippen LogP contribution in [0.25, 0.3) is 28.2 Å². The molecule has 8 nitrogen and oxygen atoms in total. The van der Waals surface area contributed by atoms with Crippen molar-refractivity contribution < 1.29 is 0 Å². The van der Waals surface area contributed by atoms with Gasteiger partial charge in [-0.1, -0.05) is 60.1 Å². The van der Waals surface area contributed by atoms with Crippen LogP contribution >= 0.6 is 11.6 Å². The number of rotatable bonds is 5. The van der Waals surface area contributed by atoms with Crippen LogP contribution in [0.3, 0.4) is 0 Å². The Labute approximate surface area is 176 Å². The van der Waals surface area contributed by atoms with Gasteiger partial charge in [-0.15, -0.1) is 5.10 Å². The molecule has 0 bridgehead atoms. The molecule has 9 heteroatoms. The van der Waals surface area contributed by atoms with E-state index in [4.69, 9.17) is 11.6 Å². The number of fused-ring (bicyclic) bond motifs is 1. The molecular weight excluding hydrogens is 400 g/mol. The van der Waals surface area contributed by atoms with Gasteiger partial charge >= 0.3 is 0 Å². The topological polar surface area (TPSA) is 96.7 Å². The average Bonchev–Trinajstić information content (AvgIpc) is 3.43. The van der Waals surface area contributed by atoms with Gasteiger partial charge in [0.05, 0.1) is 6.20 Å². The van der Waals surface area contributed by atoms with Crippen LogP contribution in [0.1, 0.15) is 11.3 Å². The van der Waals surface area contributed by atoms with E-state index in [1.807, 2.05) is 31.2 Å². The van der Waals surface area contributed by atoms with E-state index in [-0.39, 0.29) is 0 Å². The number of nitrogens with one attached hydrogen (secondary N) is 2. The number of anilines is 1. The molecule has 0 unspecified atom stereocenters. The fraction of sp³-hybridized carbons (Fsp3) is 0.0952. The van der Waals surface area contributed by atoms with Crippen LogP contribution in [-0.4, -0.2) is 35.2 Å². The number of hydrogen-bond acceptors (Lipinski definition) is 6. The van der Waals surface area contributed by atoms with Gasteiger partial charge < -0.3 is 5.32 Å². The number of H-pyrrole nitrogens is 1. The number of nitrogens with zero attached hydrogens (tertiary/aromatic N) is 6. The third kappa shape index (κ3) is 3.37. The summed E-state index contributed by atoms with van der Waals surface area (Å²) < 4.78 is 1.71. The summed E-state index contributed by atoms with van der Waals surface area (Å²) in [5.41, 5.74) is 5.77. The van der Waals surface area contributed by atoms with Gasteiger partial charge in [-0.25, -0.2) is 10.1 Å². The zero-order valence-electron chi connectivity index (χ0n) is 16.0. The highest BCUT2D eigenvalue weighted by Gasteiger charge is 2.11. The molecule has 3 heterocycles. The smallest absolute Gasteiger partial charge is 0.180 e. The van der Waals surface area contributed by atoms with Crippen molar-refractivity contribution >= 4 is 23.1 Å². The molecule has 0 aliphatic carbocycles. The number of aryl methyl sites for hydroxylation is 1. The molecule has 0 aliphatic heterocycles.